The van der Waals surface area contributed by atoms with E-state index in [1.54, 1.807) is 0 Å². The van der Waals surface area contributed by atoms with Crippen LogP contribution < -0.4 is 0 Å². The van der Waals surface area contributed by atoms with Gasteiger partial charge in [-0.3, -0.25) is 0 Å². The van der Waals surface area contributed by atoms with E-state index in [1.165, 1.54) is 112 Å². The van der Waals surface area contributed by atoms with Crippen molar-refractivity contribution in [2.24, 2.45) is 0 Å². The van der Waals surface area contributed by atoms with Gasteiger partial charge in [0.1, 0.15) is 0 Å². The highest BCUT2D eigenvalue weighted by Gasteiger charge is 2.21. The maximum atomic E-state index is 2.42. The molecule has 13 rings (SSSR count). The zero-order valence-electron chi connectivity index (χ0n) is 31.4. The van der Waals surface area contributed by atoms with Crippen molar-refractivity contribution in [1.82, 2.24) is 13.7 Å². The van der Waals surface area contributed by atoms with Crippen LogP contribution in [-0.4, -0.2) is 13.7 Å². The van der Waals surface area contributed by atoms with Crippen LogP contribution in [0.15, 0.2) is 187 Å². The fraction of sp³-hybridized carbons (Fsp3) is 0. The first-order valence-corrected chi connectivity index (χ1v) is 23.0. The molecule has 0 bridgehead atoms. The molecule has 7 aromatic heterocycles. The lowest BCUT2D eigenvalue weighted by Gasteiger charge is -2.08. The van der Waals surface area contributed by atoms with Crippen molar-refractivity contribution >= 4 is 108 Å². The van der Waals surface area contributed by atoms with E-state index in [2.05, 4.69) is 200 Å². The highest BCUT2D eigenvalue weighted by Crippen LogP contribution is 2.46. The van der Waals surface area contributed by atoms with Crippen LogP contribution in [0.5, 0.6) is 0 Å². The minimum absolute atomic E-state index is 1.17. The Morgan fingerprint density at radius 3 is 1.20 bits per heavy atom. The highest BCUT2D eigenvalue weighted by molar-refractivity contribution is 7.29. The molecule has 0 N–H and O–H groups in total. The summed E-state index contributed by atoms with van der Waals surface area (Å²) in [7, 11) is 0. The Labute approximate surface area is 355 Å². The van der Waals surface area contributed by atoms with Crippen LogP contribution in [0.3, 0.4) is 0 Å². The van der Waals surface area contributed by atoms with Crippen molar-refractivity contribution in [2.45, 2.75) is 0 Å². The summed E-state index contributed by atoms with van der Waals surface area (Å²) in [6, 6.07) is 64.7. The Balaban J connectivity index is 0.926. The Morgan fingerprint density at radius 2 is 0.695 bits per heavy atom. The summed E-state index contributed by atoms with van der Waals surface area (Å²) in [5.74, 6) is 0. The molecular weight excluding hydrogens is 795 g/mol. The second-order valence-corrected chi connectivity index (χ2v) is 18.9. The number of rotatable bonds is 6. The standard InChI is InChI=1S/C52H31N3S4/c1-4-10-36(11-5-1)53-41-22-20-34(32-16-18-33(19-17-32)47-30-45-51(58-47)49-43(24-26-56-49)54(45)37-12-6-2-7-13-37)28-39(41)40-29-35(21-23-42(40)53)48-31-46-52(59-48)50-44(25-27-57-50)55(46)38-14-8-3-9-15-38/h1-31H. The smallest absolute Gasteiger partial charge is 0.0711 e. The number of nitrogens with zero attached hydrogens (tertiary/aromatic N) is 3. The summed E-state index contributed by atoms with van der Waals surface area (Å²) in [5.41, 5.74) is 16.0. The minimum Gasteiger partial charge on any atom is -0.309 e. The number of fused-ring (bicyclic) bond motifs is 9. The SMILES string of the molecule is c1ccc(-n2c3ccc(-c4ccc(-c5cc6c(s5)c5sccc5n6-c5ccccc5)cc4)cc3c3cc(-c4cc5c(s4)c4sccc4n5-c4ccccc4)ccc32)cc1. The number of aromatic nitrogens is 3. The predicted octanol–water partition coefficient (Wildman–Crippen LogP) is 16.2. The first-order valence-electron chi connectivity index (χ1n) is 19.6. The van der Waals surface area contributed by atoms with Gasteiger partial charge in [0.25, 0.3) is 0 Å². The maximum absolute atomic E-state index is 2.42. The van der Waals surface area contributed by atoms with E-state index in [1.807, 2.05) is 45.3 Å². The molecule has 0 saturated carbocycles. The Kier molecular flexibility index (Phi) is 7.39. The molecule has 13 aromatic rings. The monoisotopic (exact) mass is 825 g/mol. The lowest BCUT2D eigenvalue weighted by Crippen LogP contribution is -1.93. The van der Waals surface area contributed by atoms with Gasteiger partial charge in [0.2, 0.25) is 0 Å². The Morgan fingerprint density at radius 1 is 0.288 bits per heavy atom. The molecule has 6 aromatic carbocycles. The van der Waals surface area contributed by atoms with Crippen LogP contribution in [0.25, 0.3) is 112 Å². The average Bonchev–Trinajstić information content (AvgIpc) is 4.16. The van der Waals surface area contributed by atoms with Crippen molar-refractivity contribution < 1.29 is 0 Å². The lowest BCUT2D eigenvalue weighted by atomic mass is 10.0. The maximum Gasteiger partial charge on any atom is 0.0711 e. The van der Waals surface area contributed by atoms with Gasteiger partial charge in [-0.25, -0.2) is 0 Å². The quantitative estimate of drug-likeness (QED) is 0.159. The van der Waals surface area contributed by atoms with E-state index in [-0.39, 0.29) is 0 Å². The van der Waals surface area contributed by atoms with Crippen LogP contribution in [-0.2, 0) is 0 Å². The topological polar surface area (TPSA) is 14.8 Å². The highest BCUT2D eigenvalue weighted by atomic mass is 32.1. The molecule has 59 heavy (non-hydrogen) atoms. The van der Waals surface area contributed by atoms with Crippen LogP contribution >= 0.6 is 45.3 Å². The third kappa shape index (κ3) is 5.09. The second-order valence-electron chi connectivity index (χ2n) is 15.0. The van der Waals surface area contributed by atoms with Gasteiger partial charge >= 0.3 is 0 Å². The lowest BCUT2D eigenvalue weighted by molar-refractivity contribution is 1.18. The van der Waals surface area contributed by atoms with E-state index in [0.717, 1.165) is 0 Å². The van der Waals surface area contributed by atoms with E-state index in [9.17, 15) is 0 Å². The Hall–Kier alpha value is -6.48. The molecule has 278 valence electrons. The molecule has 0 unspecified atom stereocenters. The minimum atomic E-state index is 1.17. The zero-order chi connectivity index (χ0) is 38.6. The summed E-state index contributed by atoms with van der Waals surface area (Å²) in [6.45, 7) is 0. The summed E-state index contributed by atoms with van der Waals surface area (Å²) < 4.78 is 12.7. The zero-order valence-corrected chi connectivity index (χ0v) is 34.6. The molecule has 0 aliphatic rings. The molecule has 0 spiro atoms. The van der Waals surface area contributed by atoms with Crippen molar-refractivity contribution in [2.75, 3.05) is 0 Å². The van der Waals surface area contributed by atoms with Gasteiger partial charge in [-0.1, -0.05) is 91.0 Å². The molecule has 0 atom stereocenters. The summed E-state index contributed by atoms with van der Waals surface area (Å²) in [5, 5.41) is 6.93. The fourth-order valence-electron chi connectivity index (χ4n) is 9.01. The second kappa shape index (κ2) is 13.0. The van der Waals surface area contributed by atoms with Crippen molar-refractivity contribution in [1.29, 1.82) is 0 Å². The first-order chi connectivity index (χ1) is 29.2. The molecule has 3 nitrogen and oxygen atoms in total. The summed E-state index contributed by atoms with van der Waals surface area (Å²) in [6.07, 6.45) is 0. The Bertz CT molecular complexity index is 3700. The molecule has 0 saturated heterocycles. The molecule has 0 aliphatic heterocycles. The number of hydrogen-bond donors (Lipinski definition) is 0. The van der Waals surface area contributed by atoms with Gasteiger partial charge in [0, 0.05) is 37.6 Å². The number of hydrogen-bond acceptors (Lipinski definition) is 4. The summed E-state index contributed by atoms with van der Waals surface area (Å²) in [4.78, 5) is 2.57. The number of thiophene rings is 4. The van der Waals surface area contributed by atoms with Crippen molar-refractivity contribution in [3.63, 3.8) is 0 Å². The van der Waals surface area contributed by atoms with Crippen LogP contribution in [0.4, 0.5) is 0 Å². The molecule has 7 heterocycles. The number of benzene rings is 6. The van der Waals surface area contributed by atoms with Gasteiger partial charge in [-0.15, -0.1) is 45.3 Å². The first kappa shape index (κ1) is 33.5. The van der Waals surface area contributed by atoms with E-state index in [0.29, 0.717) is 0 Å². The van der Waals surface area contributed by atoms with Crippen molar-refractivity contribution in [3.05, 3.63) is 187 Å². The average molecular weight is 826 g/mol. The predicted molar refractivity (Wildman–Crippen MR) is 257 cm³/mol. The third-order valence-electron chi connectivity index (χ3n) is 11.7. The molecule has 0 amide bonds. The largest absolute Gasteiger partial charge is 0.309 e. The van der Waals surface area contributed by atoms with Gasteiger partial charge in [-0.05, 0) is 118 Å². The number of para-hydroxylation sites is 3. The van der Waals surface area contributed by atoms with E-state index in [4.69, 9.17) is 0 Å². The molecule has 0 radical (unpaired) electrons. The van der Waals surface area contributed by atoms with Crippen LogP contribution in [0.1, 0.15) is 0 Å². The fourth-order valence-corrected chi connectivity index (χ4v) is 13.4. The van der Waals surface area contributed by atoms with Gasteiger partial charge in [-0.2, -0.15) is 0 Å². The third-order valence-corrected chi connectivity index (χ3v) is 16.2. The molecule has 0 aliphatic carbocycles. The van der Waals surface area contributed by atoms with Gasteiger partial charge in [0.05, 0.1) is 51.9 Å². The summed E-state index contributed by atoms with van der Waals surface area (Å²) >= 11 is 7.46. The van der Waals surface area contributed by atoms with Crippen LogP contribution in [0.2, 0.25) is 0 Å². The van der Waals surface area contributed by atoms with Gasteiger partial charge in [0.15, 0.2) is 0 Å². The molecular formula is C52H31N3S4. The van der Waals surface area contributed by atoms with Crippen LogP contribution in [0, 0.1) is 0 Å². The van der Waals surface area contributed by atoms with E-state index < -0.39 is 0 Å². The van der Waals surface area contributed by atoms with Crippen molar-refractivity contribution in [3.8, 4) is 49.1 Å². The normalized spacial score (nSPS) is 12.1. The van der Waals surface area contributed by atoms with E-state index >= 15 is 0 Å². The van der Waals surface area contributed by atoms with Gasteiger partial charge < -0.3 is 13.7 Å². The molecule has 0 fully saturated rings. The molecule has 7 heteroatoms.